The van der Waals surface area contributed by atoms with E-state index in [2.05, 4.69) is 84.9 Å². The van der Waals surface area contributed by atoms with Crippen LogP contribution in [0.5, 0.6) is 0 Å². The van der Waals surface area contributed by atoms with E-state index in [9.17, 15) is 14.4 Å². The van der Waals surface area contributed by atoms with Gasteiger partial charge in [-0.15, -0.1) is 0 Å². The maximum absolute atomic E-state index is 13.0. The molecule has 0 aliphatic heterocycles. The smallest absolute Gasteiger partial charge is 0.198 e. The van der Waals surface area contributed by atoms with E-state index in [-0.39, 0.29) is 28.5 Å². The van der Waals surface area contributed by atoms with E-state index in [0.717, 1.165) is 82.6 Å². The fourth-order valence-corrected chi connectivity index (χ4v) is 6.10. The Morgan fingerprint density at radius 1 is 0.500 bits per heavy atom. The van der Waals surface area contributed by atoms with Crippen LogP contribution in [0.25, 0.3) is 0 Å². The number of carbonyl (C=O) groups is 3. The van der Waals surface area contributed by atoms with Crippen LogP contribution in [0, 0.1) is 0 Å². The van der Waals surface area contributed by atoms with Gasteiger partial charge >= 0.3 is 0 Å². The summed E-state index contributed by atoms with van der Waals surface area (Å²) < 4.78 is 0. The van der Waals surface area contributed by atoms with Gasteiger partial charge in [-0.3, -0.25) is 14.4 Å². The van der Waals surface area contributed by atoms with Crippen molar-refractivity contribution in [3.8, 4) is 0 Å². The third-order valence-corrected chi connectivity index (χ3v) is 9.73. The molecule has 0 aromatic heterocycles. The van der Waals surface area contributed by atoms with Gasteiger partial charge in [-0.25, -0.2) is 0 Å². The topological polar surface area (TPSA) is 51.2 Å². The van der Waals surface area contributed by atoms with E-state index in [0.29, 0.717) is 11.1 Å². The molecular weight excluding hydrogens is 613 g/mol. The van der Waals surface area contributed by atoms with Gasteiger partial charge in [0.15, 0.2) is 17.3 Å². The lowest BCUT2D eigenvalue weighted by Gasteiger charge is -2.17. The number of Topliss-reactive ketones (excluding diaryl/α,β-unsaturated/α-hetero) is 2. The lowest BCUT2D eigenvalue weighted by atomic mass is 9.82. The Labute approximate surface area is 304 Å². The number of allylic oxidation sites excluding steroid dienone is 16. The fourth-order valence-electron chi connectivity index (χ4n) is 6.10. The maximum atomic E-state index is 13.0. The predicted octanol–water partition coefficient (Wildman–Crippen LogP) is 13.7. The monoisotopic (exact) mass is 676 g/mol. The number of benzene rings is 1. The average molecular weight is 677 g/mol. The second-order valence-electron chi connectivity index (χ2n) is 14.4. The Morgan fingerprint density at radius 3 is 1.18 bits per heavy atom. The van der Waals surface area contributed by atoms with Gasteiger partial charge in [-0.05, 0) is 145 Å². The summed E-state index contributed by atoms with van der Waals surface area (Å²) in [6, 6.07) is 6.72. The number of hydrogen-bond acceptors (Lipinski definition) is 3. The van der Waals surface area contributed by atoms with Gasteiger partial charge in [-0.2, -0.15) is 0 Å². The minimum Gasteiger partial charge on any atom is -0.289 e. The summed E-state index contributed by atoms with van der Waals surface area (Å²) in [6.45, 7) is 19.1. The number of hydrogen-bond donors (Lipinski definition) is 0. The molecule has 0 bridgehead atoms. The molecule has 270 valence electrons. The van der Waals surface area contributed by atoms with E-state index in [1.54, 1.807) is 31.2 Å². The van der Waals surface area contributed by atoms with Gasteiger partial charge in [0.05, 0.1) is 5.57 Å². The summed E-state index contributed by atoms with van der Waals surface area (Å²) in [5.41, 5.74) is 10.6. The second-order valence-corrected chi connectivity index (χ2v) is 14.4. The molecule has 1 aromatic carbocycles. The van der Waals surface area contributed by atoms with Crippen LogP contribution in [-0.2, 0) is 4.79 Å². The first kappa shape index (κ1) is 42.3. The van der Waals surface area contributed by atoms with Gasteiger partial charge in [0.2, 0.25) is 0 Å². The largest absolute Gasteiger partial charge is 0.289 e. The molecule has 0 saturated carbocycles. The molecule has 0 spiro atoms. The highest BCUT2D eigenvalue weighted by Gasteiger charge is 2.32. The van der Waals surface area contributed by atoms with Gasteiger partial charge in [-0.1, -0.05) is 107 Å². The molecule has 1 aliphatic carbocycles. The summed E-state index contributed by atoms with van der Waals surface area (Å²) in [7, 11) is 0. The molecule has 3 heteroatoms. The zero-order valence-electron chi connectivity index (χ0n) is 32.8. The third kappa shape index (κ3) is 15.4. The quantitative estimate of drug-likeness (QED) is 0.0740. The molecule has 2 rings (SSSR count). The number of carbonyl (C=O) groups excluding carboxylic acids is 3. The van der Waals surface area contributed by atoms with Crippen LogP contribution in [0.2, 0.25) is 0 Å². The predicted molar refractivity (Wildman–Crippen MR) is 215 cm³/mol. The Kier molecular flexibility index (Phi) is 19.3. The summed E-state index contributed by atoms with van der Waals surface area (Å²) in [5, 5.41) is 0. The Hall–Kier alpha value is -3.85. The Morgan fingerprint density at radius 2 is 0.820 bits per heavy atom. The highest BCUT2D eigenvalue weighted by molar-refractivity contribution is 6.38. The summed E-state index contributed by atoms with van der Waals surface area (Å²) in [4.78, 5) is 38.8. The lowest BCUT2D eigenvalue weighted by Crippen LogP contribution is -2.24. The SMILES string of the molecule is CC/C(C)=C/CC/C(C)=C/CC/C(C)=C/CC/C(C)=C/CC/C(C)=C/CC/C(C)=C/CC/C(C)=C/C(=O)C1=C(C)C(=O)c2ccccc2C1=O. The maximum Gasteiger partial charge on any atom is 0.198 e. The van der Waals surface area contributed by atoms with Crippen LogP contribution in [0.3, 0.4) is 0 Å². The fraction of sp³-hybridized carbons (Fsp3) is 0.468. The molecule has 1 aromatic rings. The minimum atomic E-state index is -0.378. The van der Waals surface area contributed by atoms with E-state index in [4.69, 9.17) is 0 Å². The first-order valence-corrected chi connectivity index (χ1v) is 18.9. The first-order valence-electron chi connectivity index (χ1n) is 18.9. The van der Waals surface area contributed by atoms with Crippen LogP contribution >= 0.6 is 0 Å². The van der Waals surface area contributed by atoms with Gasteiger partial charge in [0, 0.05) is 16.7 Å². The van der Waals surface area contributed by atoms with Crippen molar-refractivity contribution in [3.05, 3.63) is 128 Å². The minimum absolute atomic E-state index is 0.00102. The Bertz CT molecular complexity index is 1590. The van der Waals surface area contributed by atoms with E-state index < -0.39 is 0 Å². The van der Waals surface area contributed by atoms with Crippen molar-refractivity contribution < 1.29 is 14.4 Å². The third-order valence-electron chi connectivity index (χ3n) is 9.73. The molecule has 0 atom stereocenters. The van der Waals surface area contributed by atoms with Crippen molar-refractivity contribution in [2.24, 2.45) is 0 Å². The highest BCUT2D eigenvalue weighted by Crippen LogP contribution is 2.27. The zero-order valence-corrected chi connectivity index (χ0v) is 32.8. The Balaban J connectivity index is 1.68. The lowest BCUT2D eigenvalue weighted by molar-refractivity contribution is -0.111. The number of fused-ring (bicyclic) bond motifs is 1. The summed E-state index contributed by atoms with van der Waals surface area (Å²) in [5.74, 6) is -0.984. The molecule has 0 amide bonds. The van der Waals surface area contributed by atoms with Crippen LogP contribution in [0.1, 0.15) is 167 Å². The van der Waals surface area contributed by atoms with E-state index in [1.165, 1.54) is 45.9 Å². The zero-order chi connectivity index (χ0) is 37.1. The van der Waals surface area contributed by atoms with Crippen molar-refractivity contribution in [2.75, 3.05) is 0 Å². The van der Waals surface area contributed by atoms with Crippen LogP contribution < -0.4 is 0 Å². The van der Waals surface area contributed by atoms with Crippen LogP contribution in [0.4, 0.5) is 0 Å². The van der Waals surface area contributed by atoms with Crippen molar-refractivity contribution in [1.82, 2.24) is 0 Å². The van der Waals surface area contributed by atoms with Crippen molar-refractivity contribution in [2.45, 2.75) is 146 Å². The van der Waals surface area contributed by atoms with Gasteiger partial charge in [0.1, 0.15) is 0 Å². The van der Waals surface area contributed by atoms with Gasteiger partial charge < -0.3 is 0 Å². The molecule has 3 nitrogen and oxygen atoms in total. The molecule has 0 fully saturated rings. The molecule has 1 aliphatic rings. The molecule has 0 heterocycles. The molecule has 0 radical (unpaired) electrons. The molecule has 0 unspecified atom stereocenters. The molecular formula is C47H64O3. The van der Waals surface area contributed by atoms with Crippen molar-refractivity contribution in [1.29, 1.82) is 0 Å². The average Bonchev–Trinajstić information content (AvgIpc) is 3.07. The van der Waals surface area contributed by atoms with Crippen LogP contribution in [0.15, 0.2) is 117 Å². The molecule has 0 saturated heterocycles. The second kappa shape index (κ2) is 22.8. The van der Waals surface area contributed by atoms with Crippen LogP contribution in [-0.4, -0.2) is 17.3 Å². The molecule has 50 heavy (non-hydrogen) atoms. The standard InChI is InChI=1S/C47H64O3/c1-10-34(2)19-13-20-35(3)21-14-22-36(4)23-15-24-37(5)25-16-26-38(6)27-17-28-39(7)29-18-30-40(8)33-44(48)45-41(9)46(49)42-31-11-12-32-43(42)47(45)50/h11-12,19,21,23,25,27,29,31-33H,10,13-18,20,22,24,26,28,30H2,1-9H3/b34-19+,35-21+,36-23+,37-25+,38-27+,39-29+,40-33+. The van der Waals surface area contributed by atoms with Crippen molar-refractivity contribution >= 4 is 17.3 Å². The van der Waals surface area contributed by atoms with E-state index >= 15 is 0 Å². The summed E-state index contributed by atoms with van der Waals surface area (Å²) in [6.07, 6.45) is 29.6. The molecule has 0 N–H and O–H groups in total. The summed E-state index contributed by atoms with van der Waals surface area (Å²) >= 11 is 0. The highest BCUT2D eigenvalue weighted by atomic mass is 16.2. The van der Waals surface area contributed by atoms with Gasteiger partial charge in [0.25, 0.3) is 0 Å². The van der Waals surface area contributed by atoms with E-state index in [1.807, 2.05) is 6.92 Å². The normalized spacial score (nSPS) is 15.7. The number of rotatable bonds is 21. The number of ketones is 3. The van der Waals surface area contributed by atoms with Crippen molar-refractivity contribution in [3.63, 3.8) is 0 Å². The first-order chi connectivity index (χ1) is 23.8.